The number of carbonyl (C=O) groups is 1. The van der Waals surface area contributed by atoms with Crippen LogP contribution < -0.4 is 0 Å². The third kappa shape index (κ3) is 1.65. The molecule has 1 aromatic carbocycles. The normalized spacial score (nSPS) is 10.4. The standard InChI is InChI=1S/C10H8ClN3O2/c1-6-8(14-12-4-5-13-14)3-2-7(9(6)11)10(15)16/h2-5H,1H3,(H,15,16). The molecule has 1 aromatic heterocycles. The van der Waals surface area contributed by atoms with Gasteiger partial charge in [0.05, 0.1) is 28.7 Å². The highest BCUT2D eigenvalue weighted by Gasteiger charge is 2.14. The van der Waals surface area contributed by atoms with Crippen LogP contribution >= 0.6 is 11.6 Å². The fraction of sp³-hybridized carbons (Fsp3) is 0.100. The van der Waals surface area contributed by atoms with E-state index in [1.807, 2.05) is 0 Å². The summed E-state index contributed by atoms with van der Waals surface area (Å²) in [4.78, 5) is 12.2. The van der Waals surface area contributed by atoms with Crippen LogP contribution in [0.2, 0.25) is 5.02 Å². The van der Waals surface area contributed by atoms with E-state index in [1.54, 1.807) is 25.4 Å². The Morgan fingerprint density at radius 2 is 2.00 bits per heavy atom. The topological polar surface area (TPSA) is 68.0 Å². The molecule has 0 bridgehead atoms. The zero-order valence-electron chi connectivity index (χ0n) is 8.38. The molecule has 0 saturated heterocycles. The van der Waals surface area contributed by atoms with Gasteiger partial charge in [0.1, 0.15) is 0 Å². The minimum Gasteiger partial charge on any atom is -0.478 e. The van der Waals surface area contributed by atoms with Crippen LogP contribution in [-0.4, -0.2) is 26.1 Å². The number of benzene rings is 1. The second-order valence-electron chi connectivity index (χ2n) is 3.19. The van der Waals surface area contributed by atoms with Gasteiger partial charge in [-0.25, -0.2) is 4.79 Å². The van der Waals surface area contributed by atoms with Crippen LogP contribution in [0.1, 0.15) is 15.9 Å². The van der Waals surface area contributed by atoms with E-state index < -0.39 is 5.97 Å². The summed E-state index contributed by atoms with van der Waals surface area (Å²) in [5.41, 5.74) is 1.38. The summed E-state index contributed by atoms with van der Waals surface area (Å²) in [5, 5.41) is 17.0. The SMILES string of the molecule is Cc1c(-n2nccn2)ccc(C(=O)O)c1Cl. The third-order valence-electron chi connectivity index (χ3n) is 2.22. The van der Waals surface area contributed by atoms with E-state index in [0.717, 1.165) is 0 Å². The highest BCUT2D eigenvalue weighted by Crippen LogP contribution is 2.25. The number of carboxylic acid groups (broad SMARTS) is 1. The Kier molecular flexibility index (Phi) is 2.62. The Hall–Kier alpha value is -1.88. The molecule has 0 spiro atoms. The molecule has 0 aliphatic rings. The lowest BCUT2D eigenvalue weighted by atomic mass is 10.1. The van der Waals surface area contributed by atoms with Crippen LogP contribution in [0.5, 0.6) is 0 Å². The molecule has 0 fully saturated rings. The number of nitrogens with zero attached hydrogens (tertiary/aromatic N) is 3. The zero-order chi connectivity index (χ0) is 11.7. The Balaban J connectivity index is 2.60. The number of hydrogen-bond donors (Lipinski definition) is 1. The monoisotopic (exact) mass is 237 g/mol. The quantitative estimate of drug-likeness (QED) is 0.867. The van der Waals surface area contributed by atoms with Crippen molar-refractivity contribution in [3.05, 3.63) is 40.7 Å². The second-order valence-corrected chi connectivity index (χ2v) is 3.57. The smallest absolute Gasteiger partial charge is 0.337 e. The van der Waals surface area contributed by atoms with Crippen molar-refractivity contribution < 1.29 is 9.90 Å². The number of aromatic carboxylic acids is 1. The molecule has 0 radical (unpaired) electrons. The number of aromatic nitrogens is 3. The Bertz CT molecular complexity index is 537. The molecule has 1 heterocycles. The van der Waals surface area contributed by atoms with E-state index in [1.165, 1.54) is 10.9 Å². The van der Waals surface area contributed by atoms with Crippen LogP contribution in [0.4, 0.5) is 0 Å². The van der Waals surface area contributed by atoms with Gasteiger partial charge in [0.2, 0.25) is 0 Å². The summed E-state index contributed by atoms with van der Waals surface area (Å²) >= 11 is 5.96. The summed E-state index contributed by atoms with van der Waals surface area (Å²) in [6.45, 7) is 1.73. The molecule has 2 aromatic rings. The van der Waals surface area contributed by atoms with Gasteiger partial charge in [0, 0.05) is 0 Å². The molecule has 0 saturated carbocycles. The van der Waals surface area contributed by atoms with E-state index in [9.17, 15) is 4.79 Å². The highest BCUT2D eigenvalue weighted by molar-refractivity contribution is 6.34. The Morgan fingerprint density at radius 3 is 2.56 bits per heavy atom. The maximum absolute atomic E-state index is 10.8. The van der Waals surface area contributed by atoms with Gasteiger partial charge in [-0.1, -0.05) is 11.6 Å². The number of halogens is 1. The van der Waals surface area contributed by atoms with Crippen molar-refractivity contribution in [1.29, 1.82) is 0 Å². The van der Waals surface area contributed by atoms with Crippen molar-refractivity contribution in [2.24, 2.45) is 0 Å². The van der Waals surface area contributed by atoms with Crippen molar-refractivity contribution in [2.45, 2.75) is 6.92 Å². The Labute approximate surface area is 96.3 Å². The van der Waals surface area contributed by atoms with Gasteiger partial charge in [-0.2, -0.15) is 15.0 Å². The molecule has 0 aliphatic carbocycles. The lowest BCUT2D eigenvalue weighted by molar-refractivity contribution is 0.0697. The molecule has 1 N–H and O–H groups in total. The number of carboxylic acids is 1. The lowest BCUT2D eigenvalue weighted by Crippen LogP contribution is -2.05. The molecule has 0 unspecified atom stereocenters. The first kappa shape index (κ1) is 10.6. The van der Waals surface area contributed by atoms with E-state index in [4.69, 9.17) is 16.7 Å². The van der Waals surface area contributed by atoms with E-state index >= 15 is 0 Å². The summed E-state index contributed by atoms with van der Waals surface area (Å²) in [7, 11) is 0. The first-order valence-corrected chi connectivity index (χ1v) is 4.88. The highest BCUT2D eigenvalue weighted by atomic mass is 35.5. The minimum absolute atomic E-state index is 0.0788. The second kappa shape index (κ2) is 3.94. The largest absolute Gasteiger partial charge is 0.478 e. The third-order valence-corrected chi connectivity index (χ3v) is 2.71. The van der Waals surface area contributed by atoms with Gasteiger partial charge in [-0.15, -0.1) is 0 Å². The van der Waals surface area contributed by atoms with Gasteiger partial charge < -0.3 is 5.11 Å². The summed E-state index contributed by atoms with van der Waals surface area (Å²) in [5.74, 6) is -1.05. The van der Waals surface area contributed by atoms with E-state index in [-0.39, 0.29) is 10.6 Å². The molecular formula is C10H8ClN3O2. The average molecular weight is 238 g/mol. The molecular weight excluding hydrogens is 230 g/mol. The summed E-state index contributed by atoms with van der Waals surface area (Å²) < 4.78 is 0. The molecule has 16 heavy (non-hydrogen) atoms. The van der Waals surface area contributed by atoms with Crippen LogP contribution in [0, 0.1) is 6.92 Å². The van der Waals surface area contributed by atoms with Crippen molar-refractivity contribution in [3.63, 3.8) is 0 Å². The maximum Gasteiger partial charge on any atom is 0.337 e. The van der Waals surface area contributed by atoms with Crippen molar-refractivity contribution in [3.8, 4) is 5.69 Å². The molecule has 5 nitrogen and oxygen atoms in total. The molecule has 82 valence electrons. The average Bonchev–Trinajstić information content (AvgIpc) is 2.74. The minimum atomic E-state index is -1.05. The first-order chi connectivity index (χ1) is 7.61. The van der Waals surface area contributed by atoms with Crippen LogP contribution in [0.25, 0.3) is 5.69 Å². The fourth-order valence-corrected chi connectivity index (χ4v) is 1.64. The molecule has 6 heteroatoms. The van der Waals surface area contributed by atoms with Gasteiger partial charge in [0.15, 0.2) is 0 Å². The summed E-state index contributed by atoms with van der Waals surface area (Å²) in [6, 6.07) is 3.07. The summed E-state index contributed by atoms with van der Waals surface area (Å²) in [6.07, 6.45) is 3.08. The van der Waals surface area contributed by atoms with E-state index in [2.05, 4.69) is 10.2 Å². The van der Waals surface area contributed by atoms with Gasteiger partial charge >= 0.3 is 5.97 Å². The van der Waals surface area contributed by atoms with Crippen LogP contribution in [-0.2, 0) is 0 Å². The van der Waals surface area contributed by atoms with Gasteiger partial charge in [-0.05, 0) is 24.6 Å². The maximum atomic E-state index is 10.8. The molecule has 0 aliphatic heterocycles. The van der Waals surface area contributed by atoms with Gasteiger partial charge in [-0.3, -0.25) is 0 Å². The van der Waals surface area contributed by atoms with E-state index in [0.29, 0.717) is 11.3 Å². The van der Waals surface area contributed by atoms with Crippen molar-refractivity contribution in [1.82, 2.24) is 15.0 Å². The van der Waals surface area contributed by atoms with Crippen LogP contribution in [0.3, 0.4) is 0 Å². The molecule has 0 amide bonds. The zero-order valence-corrected chi connectivity index (χ0v) is 9.14. The van der Waals surface area contributed by atoms with Crippen molar-refractivity contribution in [2.75, 3.05) is 0 Å². The number of rotatable bonds is 2. The van der Waals surface area contributed by atoms with Crippen LogP contribution in [0.15, 0.2) is 24.5 Å². The predicted octanol–water partition coefficient (Wildman–Crippen LogP) is 1.93. The predicted molar refractivity (Wildman–Crippen MR) is 58.1 cm³/mol. The molecule has 0 atom stereocenters. The van der Waals surface area contributed by atoms with Gasteiger partial charge in [0.25, 0.3) is 0 Å². The molecule has 2 rings (SSSR count). The number of hydrogen-bond acceptors (Lipinski definition) is 3. The Morgan fingerprint density at radius 1 is 1.38 bits per heavy atom. The fourth-order valence-electron chi connectivity index (χ4n) is 1.40. The first-order valence-electron chi connectivity index (χ1n) is 4.50. The van der Waals surface area contributed by atoms with Crippen molar-refractivity contribution >= 4 is 17.6 Å². The lowest BCUT2D eigenvalue weighted by Gasteiger charge is -2.08.